The number of carbonyl (C=O) groups is 2. The zero-order valence-electron chi connectivity index (χ0n) is 14.0. The molecule has 3 rings (SSSR count). The van der Waals surface area contributed by atoms with Crippen LogP contribution in [0.1, 0.15) is 27.5 Å². The van der Waals surface area contributed by atoms with E-state index >= 15 is 0 Å². The monoisotopic (exact) mass is 359 g/mol. The molecule has 1 aliphatic rings. The van der Waals surface area contributed by atoms with Gasteiger partial charge in [0, 0.05) is 24.0 Å². The van der Waals surface area contributed by atoms with Crippen molar-refractivity contribution in [3.8, 4) is 0 Å². The Balaban J connectivity index is 1.53. The molecule has 0 unspecified atom stereocenters. The Morgan fingerprint density at radius 1 is 1.36 bits per heavy atom. The number of benzene rings is 1. The number of hydrogen-bond donors (Lipinski definition) is 2. The van der Waals surface area contributed by atoms with E-state index in [2.05, 4.69) is 10.3 Å². The maximum atomic E-state index is 12.4. The van der Waals surface area contributed by atoms with Crippen molar-refractivity contribution in [2.75, 3.05) is 13.1 Å². The third kappa shape index (κ3) is 4.43. The number of aromatic nitrogens is 1. The van der Waals surface area contributed by atoms with Crippen LogP contribution in [-0.4, -0.2) is 52.0 Å². The van der Waals surface area contributed by atoms with E-state index in [9.17, 15) is 14.7 Å². The molecule has 7 heteroatoms. The summed E-state index contributed by atoms with van der Waals surface area (Å²) in [5, 5.41) is 16.0. The SMILES string of the molecule is Cc1nc(CC(=O)N2CC[C@@H](NC(=O)c3ccccc3)[C@H](O)C2)cs1. The molecule has 6 nitrogen and oxygen atoms in total. The Hall–Kier alpha value is -2.25. The van der Waals surface area contributed by atoms with Gasteiger partial charge in [0.25, 0.3) is 5.91 Å². The number of thiazole rings is 1. The fraction of sp³-hybridized carbons (Fsp3) is 0.389. The molecular weight excluding hydrogens is 338 g/mol. The van der Waals surface area contributed by atoms with Crippen molar-refractivity contribution < 1.29 is 14.7 Å². The predicted octanol–water partition coefficient (Wildman–Crippen LogP) is 1.39. The van der Waals surface area contributed by atoms with Crippen LogP contribution in [0.25, 0.3) is 0 Å². The molecule has 1 aromatic carbocycles. The third-order valence-corrected chi connectivity index (χ3v) is 5.11. The highest BCUT2D eigenvalue weighted by molar-refractivity contribution is 7.09. The van der Waals surface area contributed by atoms with Crippen LogP contribution in [0, 0.1) is 6.92 Å². The first-order chi connectivity index (χ1) is 12.0. The molecule has 2 N–H and O–H groups in total. The van der Waals surface area contributed by atoms with E-state index in [1.807, 2.05) is 18.4 Å². The number of amides is 2. The second-order valence-corrected chi connectivity index (χ2v) is 7.24. The topological polar surface area (TPSA) is 82.5 Å². The van der Waals surface area contributed by atoms with Crippen molar-refractivity contribution in [3.63, 3.8) is 0 Å². The molecule has 0 saturated carbocycles. The van der Waals surface area contributed by atoms with Gasteiger partial charge in [0.2, 0.25) is 5.91 Å². The van der Waals surface area contributed by atoms with E-state index in [0.717, 1.165) is 10.7 Å². The Kier molecular flexibility index (Phi) is 5.45. The Morgan fingerprint density at radius 3 is 2.76 bits per heavy atom. The van der Waals surface area contributed by atoms with Crippen LogP contribution in [0.3, 0.4) is 0 Å². The number of β-amino-alcohol motifs (C(OH)–C–C–N with tert-alkyl or cyclic N) is 1. The number of aliphatic hydroxyl groups excluding tert-OH is 1. The fourth-order valence-corrected chi connectivity index (χ4v) is 3.54. The zero-order valence-corrected chi connectivity index (χ0v) is 14.8. The summed E-state index contributed by atoms with van der Waals surface area (Å²) in [6.45, 7) is 2.64. The summed E-state index contributed by atoms with van der Waals surface area (Å²) in [5.74, 6) is -0.250. The minimum Gasteiger partial charge on any atom is -0.389 e. The Morgan fingerprint density at radius 2 is 2.12 bits per heavy atom. The number of rotatable bonds is 4. The van der Waals surface area contributed by atoms with E-state index < -0.39 is 6.10 Å². The van der Waals surface area contributed by atoms with E-state index in [1.54, 1.807) is 29.2 Å². The quantitative estimate of drug-likeness (QED) is 0.864. The van der Waals surface area contributed by atoms with Crippen molar-refractivity contribution in [1.82, 2.24) is 15.2 Å². The zero-order chi connectivity index (χ0) is 17.8. The largest absolute Gasteiger partial charge is 0.389 e. The van der Waals surface area contributed by atoms with Gasteiger partial charge >= 0.3 is 0 Å². The molecular formula is C18H21N3O3S. The molecule has 2 heterocycles. The summed E-state index contributed by atoms with van der Waals surface area (Å²) >= 11 is 1.52. The van der Waals surface area contributed by atoms with Crippen LogP contribution in [0.5, 0.6) is 0 Å². The van der Waals surface area contributed by atoms with Crippen LogP contribution < -0.4 is 5.32 Å². The van der Waals surface area contributed by atoms with Crippen LogP contribution in [-0.2, 0) is 11.2 Å². The average molecular weight is 359 g/mol. The second-order valence-electron chi connectivity index (χ2n) is 6.18. The smallest absolute Gasteiger partial charge is 0.251 e. The minimum absolute atomic E-state index is 0.0443. The van der Waals surface area contributed by atoms with E-state index in [-0.39, 0.29) is 30.8 Å². The first-order valence-electron chi connectivity index (χ1n) is 8.25. The summed E-state index contributed by atoms with van der Waals surface area (Å²) in [4.78, 5) is 30.5. The molecule has 1 aromatic heterocycles. The first kappa shape index (κ1) is 17.6. The summed E-state index contributed by atoms with van der Waals surface area (Å²) in [7, 11) is 0. The number of aryl methyl sites for hydroxylation is 1. The van der Waals surface area contributed by atoms with Gasteiger partial charge in [-0.3, -0.25) is 9.59 Å². The van der Waals surface area contributed by atoms with E-state index in [4.69, 9.17) is 0 Å². The van der Waals surface area contributed by atoms with Gasteiger partial charge in [0.1, 0.15) is 0 Å². The molecule has 0 aliphatic carbocycles. The first-order valence-corrected chi connectivity index (χ1v) is 9.13. The number of carbonyl (C=O) groups excluding carboxylic acids is 2. The van der Waals surface area contributed by atoms with Gasteiger partial charge in [-0.15, -0.1) is 11.3 Å². The summed E-state index contributed by atoms with van der Waals surface area (Å²) in [5.41, 5.74) is 1.33. The lowest BCUT2D eigenvalue weighted by atomic mass is 10.0. The van der Waals surface area contributed by atoms with Crippen molar-refractivity contribution in [3.05, 3.63) is 52.0 Å². The molecule has 2 atom stereocenters. The second kappa shape index (κ2) is 7.76. The predicted molar refractivity (Wildman–Crippen MR) is 95.5 cm³/mol. The number of aliphatic hydroxyl groups is 1. The lowest BCUT2D eigenvalue weighted by Gasteiger charge is -2.36. The molecule has 0 bridgehead atoms. The maximum Gasteiger partial charge on any atom is 0.251 e. The van der Waals surface area contributed by atoms with Crippen molar-refractivity contribution in [2.45, 2.75) is 31.9 Å². The number of likely N-dealkylation sites (tertiary alicyclic amines) is 1. The Bertz CT molecular complexity index is 747. The molecule has 0 spiro atoms. The van der Waals surface area contributed by atoms with Crippen LogP contribution in [0.15, 0.2) is 35.7 Å². The van der Waals surface area contributed by atoms with Gasteiger partial charge in [-0.2, -0.15) is 0 Å². The number of nitrogens with zero attached hydrogens (tertiary/aromatic N) is 2. The number of piperidine rings is 1. The summed E-state index contributed by atoms with van der Waals surface area (Å²) in [6.07, 6.45) is 0.00202. The molecule has 25 heavy (non-hydrogen) atoms. The molecule has 2 amide bonds. The average Bonchev–Trinajstić information content (AvgIpc) is 3.02. The summed E-state index contributed by atoms with van der Waals surface area (Å²) in [6, 6.07) is 8.56. The van der Waals surface area contributed by atoms with Crippen molar-refractivity contribution >= 4 is 23.2 Å². The van der Waals surface area contributed by atoms with Gasteiger partial charge in [0.15, 0.2) is 0 Å². The summed E-state index contributed by atoms with van der Waals surface area (Å²) < 4.78 is 0. The lowest BCUT2D eigenvalue weighted by Crippen LogP contribution is -2.55. The van der Waals surface area contributed by atoms with E-state index in [0.29, 0.717) is 18.5 Å². The van der Waals surface area contributed by atoms with Crippen LogP contribution in [0.2, 0.25) is 0 Å². The minimum atomic E-state index is -0.775. The van der Waals surface area contributed by atoms with Gasteiger partial charge in [-0.05, 0) is 25.5 Å². The standard InChI is InChI=1S/C18H21N3O3S/c1-12-19-14(11-25-12)9-17(23)21-8-7-15(16(22)10-21)20-18(24)13-5-3-2-4-6-13/h2-6,11,15-16,22H,7-10H2,1H3,(H,20,24)/t15-,16-/m1/s1. The van der Waals surface area contributed by atoms with Crippen LogP contribution in [0.4, 0.5) is 0 Å². The lowest BCUT2D eigenvalue weighted by molar-refractivity contribution is -0.134. The van der Waals surface area contributed by atoms with Gasteiger partial charge in [-0.1, -0.05) is 18.2 Å². The normalized spacial score (nSPS) is 20.3. The molecule has 0 radical (unpaired) electrons. The van der Waals surface area contributed by atoms with E-state index in [1.165, 1.54) is 11.3 Å². The molecule has 2 aromatic rings. The highest BCUT2D eigenvalue weighted by atomic mass is 32.1. The third-order valence-electron chi connectivity index (χ3n) is 4.29. The van der Waals surface area contributed by atoms with Gasteiger partial charge in [-0.25, -0.2) is 4.98 Å². The molecule has 1 saturated heterocycles. The highest BCUT2D eigenvalue weighted by Gasteiger charge is 2.31. The van der Waals surface area contributed by atoms with Gasteiger partial charge in [0.05, 0.1) is 29.3 Å². The highest BCUT2D eigenvalue weighted by Crippen LogP contribution is 2.15. The fourth-order valence-electron chi connectivity index (χ4n) is 2.92. The van der Waals surface area contributed by atoms with Crippen molar-refractivity contribution in [1.29, 1.82) is 0 Å². The van der Waals surface area contributed by atoms with Gasteiger partial charge < -0.3 is 15.3 Å². The molecule has 1 aliphatic heterocycles. The molecule has 1 fully saturated rings. The number of nitrogens with one attached hydrogen (secondary N) is 1. The van der Waals surface area contributed by atoms with Crippen molar-refractivity contribution in [2.24, 2.45) is 0 Å². The molecule has 132 valence electrons. The Labute approximate surface area is 150 Å². The number of hydrogen-bond acceptors (Lipinski definition) is 5. The maximum absolute atomic E-state index is 12.4. The van der Waals surface area contributed by atoms with Crippen LogP contribution >= 0.6 is 11.3 Å².